The number of piperidine rings is 1. The van der Waals surface area contributed by atoms with Crippen molar-refractivity contribution in [2.24, 2.45) is 5.92 Å². The molecule has 0 radical (unpaired) electrons. The van der Waals surface area contributed by atoms with Gasteiger partial charge in [0.15, 0.2) is 0 Å². The van der Waals surface area contributed by atoms with E-state index in [4.69, 9.17) is 0 Å². The topological polar surface area (TPSA) is 65.6 Å². The van der Waals surface area contributed by atoms with E-state index in [0.29, 0.717) is 5.92 Å². The van der Waals surface area contributed by atoms with E-state index in [1.165, 1.54) is 29.7 Å². The Labute approximate surface area is 131 Å². The van der Waals surface area contributed by atoms with Crippen LogP contribution in [0.2, 0.25) is 0 Å². The molecule has 2 aromatic heterocycles. The fraction of sp³-hybridized carbons (Fsp3) is 0.529. The number of hydrogen-bond acceptors (Lipinski definition) is 4. The van der Waals surface area contributed by atoms with Crippen LogP contribution in [-0.4, -0.2) is 34.8 Å². The van der Waals surface area contributed by atoms with Crippen molar-refractivity contribution in [2.75, 3.05) is 25.0 Å². The summed E-state index contributed by atoms with van der Waals surface area (Å²) in [6, 6.07) is 4.17. The summed E-state index contributed by atoms with van der Waals surface area (Å²) in [6.07, 6.45) is 6.26. The highest BCUT2D eigenvalue weighted by molar-refractivity contribution is 5.68. The Morgan fingerprint density at radius 2 is 2.14 bits per heavy atom. The minimum Gasteiger partial charge on any atom is -0.370 e. The zero-order chi connectivity index (χ0) is 15.4. The fourth-order valence-electron chi connectivity index (χ4n) is 3.00. The first kappa shape index (κ1) is 15.0. The average Bonchev–Trinajstić information content (AvgIpc) is 3.04. The molecule has 118 valence electrons. The molecule has 5 heteroatoms. The molecule has 3 heterocycles. The maximum absolute atomic E-state index is 4.45. The van der Waals surface area contributed by atoms with E-state index in [0.717, 1.165) is 31.4 Å². The molecule has 3 rings (SSSR count). The van der Waals surface area contributed by atoms with Crippen LogP contribution in [0.3, 0.4) is 0 Å². The Balaban J connectivity index is 1.70. The first-order valence-corrected chi connectivity index (χ1v) is 8.18. The number of aromatic nitrogens is 3. The molecule has 0 aromatic carbocycles. The van der Waals surface area contributed by atoms with Crippen molar-refractivity contribution in [3.63, 3.8) is 0 Å². The van der Waals surface area contributed by atoms with Crippen LogP contribution in [0.5, 0.6) is 0 Å². The van der Waals surface area contributed by atoms with Gasteiger partial charge in [0.25, 0.3) is 0 Å². The summed E-state index contributed by atoms with van der Waals surface area (Å²) in [4.78, 5) is 4.45. The van der Waals surface area contributed by atoms with E-state index in [9.17, 15) is 0 Å². The molecule has 1 aliphatic rings. The third-order valence-electron chi connectivity index (χ3n) is 4.35. The molecule has 1 saturated heterocycles. The van der Waals surface area contributed by atoms with Crippen molar-refractivity contribution in [2.45, 2.75) is 32.6 Å². The van der Waals surface area contributed by atoms with Crippen LogP contribution < -0.4 is 10.6 Å². The van der Waals surface area contributed by atoms with Crippen LogP contribution >= 0.6 is 0 Å². The monoisotopic (exact) mass is 299 g/mol. The number of rotatable bonds is 5. The minimum atomic E-state index is 0.428. The lowest BCUT2D eigenvalue weighted by Gasteiger charge is -2.23. The highest BCUT2D eigenvalue weighted by Crippen LogP contribution is 2.28. The molecule has 22 heavy (non-hydrogen) atoms. The average molecular weight is 299 g/mol. The van der Waals surface area contributed by atoms with E-state index in [1.807, 2.05) is 18.5 Å². The SMILES string of the molecule is CC(C)c1[nH]ncc1-c1ccnc(NCC2CCNCC2)c1. The van der Waals surface area contributed by atoms with Crippen LogP contribution in [0.1, 0.15) is 38.3 Å². The molecular formula is C17H25N5. The molecule has 0 unspecified atom stereocenters. The van der Waals surface area contributed by atoms with Gasteiger partial charge < -0.3 is 10.6 Å². The molecule has 1 fully saturated rings. The first-order valence-electron chi connectivity index (χ1n) is 8.18. The molecule has 5 nitrogen and oxygen atoms in total. The van der Waals surface area contributed by atoms with Gasteiger partial charge >= 0.3 is 0 Å². The zero-order valence-corrected chi connectivity index (χ0v) is 13.4. The van der Waals surface area contributed by atoms with Gasteiger partial charge in [0.05, 0.1) is 6.20 Å². The Bertz CT molecular complexity index is 599. The fourth-order valence-corrected chi connectivity index (χ4v) is 3.00. The number of hydrogen-bond donors (Lipinski definition) is 3. The molecule has 2 aromatic rings. The standard InChI is InChI=1S/C17H25N5/c1-12(2)17-15(11-21-22-17)14-5-8-19-16(9-14)20-10-13-3-6-18-7-4-13/h5,8-9,11-13,18H,3-4,6-7,10H2,1-2H3,(H,19,20)(H,21,22). The summed E-state index contributed by atoms with van der Waals surface area (Å²) >= 11 is 0. The molecule has 0 aliphatic carbocycles. The Morgan fingerprint density at radius 3 is 2.91 bits per heavy atom. The van der Waals surface area contributed by atoms with Gasteiger partial charge in [-0.2, -0.15) is 5.10 Å². The van der Waals surface area contributed by atoms with Gasteiger partial charge in [-0.1, -0.05) is 13.8 Å². The lowest BCUT2D eigenvalue weighted by Crippen LogP contribution is -2.31. The predicted molar refractivity (Wildman–Crippen MR) is 90.0 cm³/mol. The number of aromatic amines is 1. The second-order valence-corrected chi connectivity index (χ2v) is 6.36. The number of H-pyrrole nitrogens is 1. The lowest BCUT2D eigenvalue weighted by atomic mass is 9.98. The van der Waals surface area contributed by atoms with Crippen LogP contribution in [-0.2, 0) is 0 Å². The van der Waals surface area contributed by atoms with E-state index in [2.05, 4.69) is 45.7 Å². The van der Waals surface area contributed by atoms with Crippen molar-refractivity contribution >= 4 is 5.82 Å². The molecule has 1 aliphatic heterocycles. The minimum absolute atomic E-state index is 0.428. The maximum Gasteiger partial charge on any atom is 0.126 e. The van der Waals surface area contributed by atoms with Crippen LogP contribution in [0.25, 0.3) is 11.1 Å². The van der Waals surface area contributed by atoms with Crippen molar-refractivity contribution in [3.05, 3.63) is 30.2 Å². The van der Waals surface area contributed by atoms with Crippen molar-refractivity contribution in [3.8, 4) is 11.1 Å². The normalized spacial score (nSPS) is 16.1. The third-order valence-corrected chi connectivity index (χ3v) is 4.35. The summed E-state index contributed by atoms with van der Waals surface area (Å²) in [5, 5.41) is 14.2. The number of nitrogens with zero attached hydrogens (tertiary/aromatic N) is 2. The van der Waals surface area contributed by atoms with Crippen molar-refractivity contribution in [1.29, 1.82) is 0 Å². The molecule has 0 atom stereocenters. The number of anilines is 1. The summed E-state index contributed by atoms with van der Waals surface area (Å²) in [6.45, 7) is 7.61. The summed E-state index contributed by atoms with van der Waals surface area (Å²) < 4.78 is 0. The Morgan fingerprint density at radius 1 is 1.32 bits per heavy atom. The molecule has 0 amide bonds. The van der Waals surface area contributed by atoms with Crippen LogP contribution in [0.15, 0.2) is 24.5 Å². The van der Waals surface area contributed by atoms with E-state index >= 15 is 0 Å². The summed E-state index contributed by atoms with van der Waals surface area (Å²) in [5.74, 6) is 2.12. The summed E-state index contributed by atoms with van der Waals surface area (Å²) in [5.41, 5.74) is 3.51. The van der Waals surface area contributed by atoms with E-state index < -0.39 is 0 Å². The van der Waals surface area contributed by atoms with Gasteiger partial charge in [-0.3, -0.25) is 5.10 Å². The largest absolute Gasteiger partial charge is 0.370 e. The van der Waals surface area contributed by atoms with Gasteiger partial charge in [-0.05, 0) is 55.5 Å². The lowest BCUT2D eigenvalue weighted by molar-refractivity contribution is 0.389. The van der Waals surface area contributed by atoms with Gasteiger partial charge in [-0.15, -0.1) is 0 Å². The van der Waals surface area contributed by atoms with E-state index in [1.54, 1.807) is 0 Å². The van der Waals surface area contributed by atoms with Crippen LogP contribution in [0.4, 0.5) is 5.82 Å². The predicted octanol–water partition coefficient (Wildman–Crippen LogP) is 3.01. The quantitative estimate of drug-likeness (QED) is 0.794. The van der Waals surface area contributed by atoms with Gasteiger partial charge in [0.2, 0.25) is 0 Å². The second kappa shape index (κ2) is 6.92. The highest BCUT2D eigenvalue weighted by atomic mass is 15.1. The molecule has 0 spiro atoms. The molecular weight excluding hydrogens is 274 g/mol. The van der Waals surface area contributed by atoms with Crippen molar-refractivity contribution in [1.82, 2.24) is 20.5 Å². The first-order chi connectivity index (χ1) is 10.7. The van der Waals surface area contributed by atoms with Gasteiger partial charge in [0.1, 0.15) is 5.82 Å². The van der Waals surface area contributed by atoms with Crippen molar-refractivity contribution < 1.29 is 0 Å². The van der Waals surface area contributed by atoms with Crippen LogP contribution in [0, 0.1) is 5.92 Å². The number of pyridine rings is 1. The number of nitrogens with one attached hydrogen (secondary N) is 3. The Hall–Kier alpha value is -1.88. The maximum atomic E-state index is 4.45. The smallest absolute Gasteiger partial charge is 0.126 e. The summed E-state index contributed by atoms with van der Waals surface area (Å²) in [7, 11) is 0. The second-order valence-electron chi connectivity index (χ2n) is 6.36. The highest BCUT2D eigenvalue weighted by Gasteiger charge is 2.14. The molecule has 3 N–H and O–H groups in total. The molecule has 0 saturated carbocycles. The van der Waals surface area contributed by atoms with E-state index in [-0.39, 0.29) is 0 Å². The Kier molecular flexibility index (Phi) is 4.73. The molecule has 0 bridgehead atoms. The third kappa shape index (κ3) is 3.47. The van der Waals surface area contributed by atoms with Gasteiger partial charge in [-0.25, -0.2) is 4.98 Å². The van der Waals surface area contributed by atoms with Gasteiger partial charge in [0, 0.05) is 24.0 Å². The zero-order valence-electron chi connectivity index (χ0n) is 13.4.